The Hall–Kier alpha value is -2.64. The van der Waals surface area contributed by atoms with Gasteiger partial charge >= 0.3 is 6.09 Å². The summed E-state index contributed by atoms with van der Waals surface area (Å²) in [4.78, 5) is 33.3. The summed E-state index contributed by atoms with van der Waals surface area (Å²) in [6, 6.07) is 2.51. The largest absolute Gasteiger partial charge is 0.445 e. The maximum atomic E-state index is 11.5. The molecule has 1 rings (SSSR count). The van der Waals surface area contributed by atoms with Crippen molar-refractivity contribution in [2.75, 3.05) is 19.7 Å². The molecule has 0 bridgehead atoms. The number of aromatic amines is 1. The Morgan fingerprint density at radius 2 is 2.11 bits per heavy atom. The average Bonchev–Trinajstić information content (AvgIpc) is 2.41. The van der Waals surface area contributed by atoms with Crippen LogP contribution in [0.1, 0.15) is 10.5 Å². The van der Waals surface area contributed by atoms with Crippen molar-refractivity contribution >= 4 is 12.0 Å². The summed E-state index contributed by atoms with van der Waals surface area (Å²) >= 11 is 0. The maximum Gasteiger partial charge on any atom is 0.407 e. The zero-order chi connectivity index (χ0) is 14.1. The molecule has 1 aromatic heterocycles. The second-order valence-corrected chi connectivity index (χ2v) is 3.38. The van der Waals surface area contributed by atoms with Crippen LogP contribution in [-0.2, 0) is 4.74 Å². The SMILES string of the molecule is C=CCOC(=O)NCCNC(=O)c1ccc(=O)[nH]n1. The zero-order valence-corrected chi connectivity index (χ0v) is 10.1. The molecule has 102 valence electrons. The van der Waals surface area contributed by atoms with Gasteiger partial charge in [0.05, 0.1) is 0 Å². The van der Waals surface area contributed by atoms with Crippen LogP contribution in [0.2, 0.25) is 0 Å². The summed E-state index contributed by atoms with van der Waals surface area (Å²) in [5.41, 5.74) is -0.294. The third kappa shape index (κ3) is 5.48. The van der Waals surface area contributed by atoms with Crippen LogP contribution in [0.3, 0.4) is 0 Å². The fourth-order valence-corrected chi connectivity index (χ4v) is 1.09. The topological polar surface area (TPSA) is 113 Å². The summed E-state index contributed by atoms with van der Waals surface area (Å²) in [7, 11) is 0. The molecule has 0 radical (unpaired) electrons. The van der Waals surface area contributed by atoms with Crippen molar-refractivity contribution in [3.8, 4) is 0 Å². The van der Waals surface area contributed by atoms with E-state index in [-0.39, 0.29) is 30.9 Å². The fraction of sp³-hybridized carbons (Fsp3) is 0.273. The lowest BCUT2D eigenvalue weighted by Crippen LogP contribution is -2.35. The van der Waals surface area contributed by atoms with E-state index in [0.717, 1.165) is 0 Å². The van der Waals surface area contributed by atoms with Gasteiger partial charge in [-0.25, -0.2) is 9.89 Å². The predicted molar refractivity (Wildman–Crippen MR) is 66.7 cm³/mol. The van der Waals surface area contributed by atoms with E-state index in [1.807, 2.05) is 0 Å². The van der Waals surface area contributed by atoms with Crippen LogP contribution in [0.4, 0.5) is 4.79 Å². The van der Waals surface area contributed by atoms with Crippen LogP contribution in [0.25, 0.3) is 0 Å². The van der Waals surface area contributed by atoms with Gasteiger partial charge in [0.2, 0.25) is 0 Å². The molecule has 19 heavy (non-hydrogen) atoms. The number of nitrogens with one attached hydrogen (secondary N) is 3. The van der Waals surface area contributed by atoms with Gasteiger partial charge < -0.3 is 15.4 Å². The molecule has 0 saturated heterocycles. The summed E-state index contributed by atoms with van der Waals surface area (Å²) in [5.74, 6) is -0.447. The molecule has 1 heterocycles. The minimum Gasteiger partial charge on any atom is -0.445 e. The van der Waals surface area contributed by atoms with Crippen LogP contribution < -0.4 is 16.2 Å². The molecule has 8 heteroatoms. The Kier molecular flexibility index (Phi) is 5.80. The number of aromatic nitrogens is 2. The van der Waals surface area contributed by atoms with Crippen LogP contribution in [0.15, 0.2) is 29.6 Å². The summed E-state index contributed by atoms with van der Waals surface area (Å²) in [5, 5.41) is 10.7. The number of carbonyl (C=O) groups excluding carboxylic acids is 2. The van der Waals surface area contributed by atoms with Crippen molar-refractivity contribution in [2.24, 2.45) is 0 Å². The molecule has 8 nitrogen and oxygen atoms in total. The standard InChI is InChI=1S/C11H14N4O4/c1-2-7-19-11(18)13-6-5-12-10(17)8-3-4-9(16)15-14-8/h2-4H,1,5-7H2,(H,12,17)(H,13,18)(H,15,16). The molecule has 0 aliphatic heterocycles. The maximum absolute atomic E-state index is 11.5. The highest BCUT2D eigenvalue weighted by molar-refractivity contribution is 5.91. The van der Waals surface area contributed by atoms with Gasteiger partial charge in [0.1, 0.15) is 12.3 Å². The molecule has 0 aliphatic carbocycles. The number of rotatable bonds is 6. The molecular weight excluding hydrogens is 252 g/mol. The highest BCUT2D eigenvalue weighted by Gasteiger charge is 2.06. The van der Waals surface area contributed by atoms with Gasteiger partial charge in [-0.3, -0.25) is 9.59 Å². The second kappa shape index (κ2) is 7.64. The third-order valence-corrected chi connectivity index (χ3v) is 1.92. The van der Waals surface area contributed by atoms with E-state index in [2.05, 4.69) is 32.1 Å². The van der Waals surface area contributed by atoms with E-state index < -0.39 is 12.0 Å². The van der Waals surface area contributed by atoms with Crippen molar-refractivity contribution < 1.29 is 14.3 Å². The number of hydrogen-bond acceptors (Lipinski definition) is 5. The van der Waals surface area contributed by atoms with E-state index in [1.165, 1.54) is 18.2 Å². The van der Waals surface area contributed by atoms with Crippen LogP contribution in [0.5, 0.6) is 0 Å². The van der Waals surface area contributed by atoms with Crippen LogP contribution >= 0.6 is 0 Å². The highest BCUT2D eigenvalue weighted by Crippen LogP contribution is 1.87. The fourth-order valence-electron chi connectivity index (χ4n) is 1.09. The molecule has 0 spiro atoms. The van der Waals surface area contributed by atoms with E-state index in [1.54, 1.807) is 0 Å². The molecule has 0 aromatic carbocycles. The molecule has 0 aliphatic rings. The van der Waals surface area contributed by atoms with Gasteiger partial charge in [0.15, 0.2) is 0 Å². The molecule has 0 unspecified atom stereocenters. The van der Waals surface area contributed by atoms with Gasteiger partial charge in [-0.15, -0.1) is 0 Å². The molecule has 1 aromatic rings. The Morgan fingerprint density at radius 3 is 2.74 bits per heavy atom. The van der Waals surface area contributed by atoms with Crippen molar-refractivity contribution in [2.45, 2.75) is 0 Å². The first-order chi connectivity index (χ1) is 9.13. The highest BCUT2D eigenvalue weighted by atomic mass is 16.5. The Balaban J connectivity index is 2.24. The number of amides is 2. The smallest absolute Gasteiger partial charge is 0.407 e. The Labute approximate surface area is 108 Å². The van der Waals surface area contributed by atoms with Crippen molar-refractivity contribution in [3.05, 3.63) is 40.8 Å². The third-order valence-electron chi connectivity index (χ3n) is 1.92. The zero-order valence-electron chi connectivity index (χ0n) is 10.1. The number of carbonyl (C=O) groups is 2. The van der Waals surface area contributed by atoms with Gasteiger partial charge in [0.25, 0.3) is 11.5 Å². The first-order valence-corrected chi connectivity index (χ1v) is 5.49. The molecular formula is C11H14N4O4. The first-order valence-electron chi connectivity index (χ1n) is 5.49. The number of hydrogen-bond donors (Lipinski definition) is 3. The minimum absolute atomic E-state index is 0.0915. The molecule has 0 fully saturated rings. The lowest BCUT2D eigenvalue weighted by molar-refractivity contribution is 0.0946. The predicted octanol–water partition coefficient (Wildman–Crippen LogP) is -0.588. The summed E-state index contributed by atoms with van der Waals surface area (Å²) in [6.45, 7) is 3.95. The quantitative estimate of drug-likeness (QED) is 0.470. The van der Waals surface area contributed by atoms with E-state index in [9.17, 15) is 14.4 Å². The Bertz CT molecular complexity index is 491. The minimum atomic E-state index is -0.587. The van der Waals surface area contributed by atoms with Gasteiger partial charge in [0, 0.05) is 19.2 Å². The number of alkyl carbamates (subject to hydrolysis) is 1. The lowest BCUT2D eigenvalue weighted by Gasteiger charge is -2.06. The van der Waals surface area contributed by atoms with Gasteiger partial charge in [-0.2, -0.15) is 5.10 Å². The van der Waals surface area contributed by atoms with Crippen molar-refractivity contribution in [3.63, 3.8) is 0 Å². The monoisotopic (exact) mass is 266 g/mol. The normalized spacial score (nSPS) is 9.47. The summed E-state index contributed by atoms with van der Waals surface area (Å²) in [6.07, 6.45) is 0.861. The van der Waals surface area contributed by atoms with Crippen LogP contribution in [-0.4, -0.2) is 41.9 Å². The molecule has 0 saturated carbocycles. The molecule has 3 N–H and O–H groups in total. The summed E-state index contributed by atoms with van der Waals surface area (Å²) < 4.78 is 4.66. The Morgan fingerprint density at radius 1 is 1.37 bits per heavy atom. The molecule has 0 atom stereocenters. The van der Waals surface area contributed by atoms with Crippen molar-refractivity contribution in [1.29, 1.82) is 0 Å². The van der Waals surface area contributed by atoms with Crippen molar-refractivity contribution in [1.82, 2.24) is 20.8 Å². The average molecular weight is 266 g/mol. The number of nitrogens with zero attached hydrogens (tertiary/aromatic N) is 1. The van der Waals surface area contributed by atoms with Crippen LogP contribution in [0, 0.1) is 0 Å². The van der Waals surface area contributed by atoms with E-state index >= 15 is 0 Å². The van der Waals surface area contributed by atoms with Gasteiger partial charge in [-0.05, 0) is 6.07 Å². The lowest BCUT2D eigenvalue weighted by atomic mass is 10.3. The second-order valence-electron chi connectivity index (χ2n) is 3.38. The number of ether oxygens (including phenoxy) is 1. The van der Waals surface area contributed by atoms with E-state index in [0.29, 0.717) is 0 Å². The van der Waals surface area contributed by atoms with E-state index in [4.69, 9.17) is 0 Å². The molecule has 2 amide bonds. The van der Waals surface area contributed by atoms with Gasteiger partial charge in [-0.1, -0.05) is 12.7 Å². The first kappa shape index (κ1) is 14.4. The number of H-pyrrole nitrogens is 1.